The number of nitrogens with zero attached hydrogens (tertiary/aromatic N) is 3. The zero-order chi connectivity index (χ0) is 20.9. The molecule has 7 nitrogen and oxygen atoms in total. The lowest BCUT2D eigenvalue weighted by Crippen LogP contribution is -2.63. The lowest BCUT2D eigenvalue weighted by molar-refractivity contribution is -0.143. The molecule has 0 aliphatic carbocycles. The summed E-state index contributed by atoms with van der Waals surface area (Å²) in [5, 5.41) is 6.42. The van der Waals surface area contributed by atoms with Crippen molar-refractivity contribution >= 4 is 36.0 Å². The molecule has 2 saturated heterocycles. The van der Waals surface area contributed by atoms with Gasteiger partial charge in [-0.15, -0.1) is 24.0 Å². The van der Waals surface area contributed by atoms with Gasteiger partial charge in [-0.3, -0.25) is 9.89 Å². The molecule has 0 aromatic heterocycles. The van der Waals surface area contributed by atoms with E-state index in [4.69, 9.17) is 4.74 Å². The van der Waals surface area contributed by atoms with Gasteiger partial charge in [0.25, 0.3) is 0 Å². The number of ether oxygens (including phenoxy) is 1. The van der Waals surface area contributed by atoms with E-state index in [-0.39, 0.29) is 42.0 Å². The lowest BCUT2D eigenvalue weighted by atomic mass is 10.1. The molecule has 0 bridgehead atoms. The molecule has 29 heavy (non-hydrogen) atoms. The number of carbonyl (C=O) groups excluding carboxylic acids is 1. The smallest absolute Gasteiger partial charge is 0.410 e. The Balaban J connectivity index is 0.00000420. The van der Waals surface area contributed by atoms with Crippen molar-refractivity contribution in [3.63, 3.8) is 0 Å². The Morgan fingerprint density at radius 3 is 2.41 bits per heavy atom. The van der Waals surface area contributed by atoms with Crippen LogP contribution in [0.1, 0.15) is 34.1 Å². The van der Waals surface area contributed by atoms with Gasteiger partial charge in [-0.05, 0) is 46.6 Å². The van der Waals surface area contributed by atoms with Crippen molar-refractivity contribution in [2.75, 3.05) is 45.8 Å². The van der Waals surface area contributed by atoms with Gasteiger partial charge in [0.2, 0.25) is 0 Å². The Morgan fingerprint density at radius 1 is 1.21 bits per heavy atom. The van der Waals surface area contributed by atoms with E-state index in [2.05, 4.69) is 15.6 Å². The van der Waals surface area contributed by atoms with Crippen LogP contribution < -0.4 is 10.6 Å². The first-order valence-electron chi connectivity index (χ1n) is 9.77. The monoisotopic (exact) mass is 535 g/mol. The third-order valence-corrected chi connectivity index (χ3v) is 4.50. The minimum absolute atomic E-state index is 0. The van der Waals surface area contributed by atoms with Crippen molar-refractivity contribution in [2.24, 2.45) is 10.9 Å². The van der Waals surface area contributed by atoms with Gasteiger partial charge in [0.15, 0.2) is 5.96 Å². The topological polar surface area (TPSA) is 69.2 Å². The molecule has 2 aliphatic rings. The minimum Gasteiger partial charge on any atom is -0.444 e. The molecule has 2 heterocycles. The normalized spacial score (nSPS) is 21.4. The number of rotatable bonds is 5. The quantitative estimate of drug-likeness (QED) is 0.322. The number of carbonyl (C=O) groups is 1. The summed E-state index contributed by atoms with van der Waals surface area (Å²) in [6.07, 6.45) is -3.77. The van der Waals surface area contributed by atoms with Crippen molar-refractivity contribution in [1.82, 2.24) is 20.4 Å². The summed E-state index contributed by atoms with van der Waals surface area (Å²) < 4.78 is 42.8. The summed E-state index contributed by atoms with van der Waals surface area (Å²) in [7, 11) is 0. The second-order valence-corrected chi connectivity index (χ2v) is 8.45. The number of hydrogen-bond donors (Lipinski definition) is 2. The van der Waals surface area contributed by atoms with Gasteiger partial charge in [-0.25, -0.2) is 4.79 Å². The first-order valence-corrected chi connectivity index (χ1v) is 9.77. The summed E-state index contributed by atoms with van der Waals surface area (Å²) in [4.78, 5) is 19.6. The van der Waals surface area contributed by atoms with Crippen LogP contribution in [0, 0.1) is 5.92 Å². The molecule has 0 radical (unpaired) electrons. The predicted molar refractivity (Wildman–Crippen MR) is 117 cm³/mol. The van der Waals surface area contributed by atoms with Crippen LogP contribution in [0.15, 0.2) is 4.99 Å². The molecule has 1 amide bonds. The summed E-state index contributed by atoms with van der Waals surface area (Å²) in [5.74, 6) is 0.753. The fraction of sp³-hybridized carbons (Fsp3) is 0.889. The molecule has 1 atom stereocenters. The number of amides is 1. The number of hydrogen-bond acceptors (Lipinski definition) is 4. The van der Waals surface area contributed by atoms with Gasteiger partial charge in [-0.1, -0.05) is 0 Å². The molecule has 2 fully saturated rings. The Kier molecular flexibility index (Phi) is 9.77. The first kappa shape index (κ1) is 26.1. The second kappa shape index (κ2) is 10.9. The minimum atomic E-state index is -4.15. The van der Waals surface area contributed by atoms with Gasteiger partial charge in [0, 0.05) is 32.7 Å². The summed E-state index contributed by atoms with van der Waals surface area (Å²) in [5.41, 5.74) is -0.521. The second-order valence-electron chi connectivity index (χ2n) is 8.45. The van der Waals surface area contributed by atoms with Crippen LogP contribution in [-0.2, 0) is 4.74 Å². The maximum atomic E-state index is 12.5. The third-order valence-electron chi connectivity index (χ3n) is 4.50. The van der Waals surface area contributed by atoms with Crippen LogP contribution in [0.3, 0.4) is 0 Å². The largest absolute Gasteiger partial charge is 0.444 e. The van der Waals surface area contributed by atoms with Crippen LogP contribution in [0.25, 0.3) is 0 Å². The van der Waals surface area contributed by atoms with Crippen LogP contribution in [-0.4, -0.2) is 85.5 Å². The molecule has 0 aromatic carbocycles. The zero-order valence-corrected chi connectivity index (χ0v) is 19.8. The lowest BCUT2D eigenvalue weighted by Gasteiger charge is -2.40. The summed E-state index contributed by atoms with van der Waals surface area (Å²) in [6, 6.07) is 0.0793. The highest BCUT2D eigenvalue weighted by atomic mass is 127. The SMILES string of the molecule is CCNC(=NCC1CCN(CC(F)(F)F)C1)NC1CN(C(=O)OC(C)(C)C)C1.I. The maximum absolute atomic E-state index is 12.5. The van der Waals surface area contributed by atoms with Gasteiger partial charge in [0.1, 0.15) is 5.60 Å². The van der Waals surface area contributed by atoms with E-state index in [1.807, 2.05) is 27.7 Å². The molecule has 1 unspecified atom stereocenters. The molecule has 2 N–H and O–H groups in total. The molecular weight excluding hydrogens is 502 g/mol. The van der Waals surface area contributed by atoms with Crippen LogP contribution >= 0.6 is 24.0 Å². The van der Waals surface area contributed by atoms with Crippen molar-refractivity contribution in [3.05, 3.63) is 0 Å². The molecule has 11 heteroatoms. The Hall–Kier alpha value is -0.980. The van der Waals surface area contributed by atoms with Gasteiger partial charge in [-0.2, -0.15) is 13.2 Å². The number of nitrogens with one attached hydrogen (secondary N) is 2. The van der Waals surface area contributed by atoms with Gasteiger partial charge >= 0.3 is 12.3 Å². The number of likely N-dealkylation sites (tertiary alicyclic amines) is 2. The number of aliphatic imine (C=N–C) groups is 1. The Labute approximate surface area is 187 Å². The molecule has 170 valence electrons. The van der Waals surface area contributed by atoms with Gasteiger partial charge in [0.05, 0.1) is 12.6 Å². The van der Waals surface area contributed by atoms with Crippen LogP contribution in [0.4, 0.5) is 18.0 Å². The Morgan fingerprint density at radius 2 is 1.86 bits per heavy atom. The molecule has 2 aliphatic heterocycles. The van der Waals surface area contributed by atoms with E-state index >= 15 is 0 Å². The fourth-order valence-electron chi connectivity index (χ4n) is 3.24. The highest BCUT2D eigenvalue weighted by Gasteiger charge is 2.35. The van der Waals surface area contributed by atoms with E-state index in [1.165, 1.54) is 4.90 Å². The van der Waals surface area contributed by atoms with E-state index in [0.717, 1.165) is 6.42 Å². The number of guanidine groups is 1. The average molecular weight is 535 g/mol. The number of halogens is 4. The van der Waals surface area contributed by atoms with Crippen molar-refractivity contribution in [2.45, 2.75) is 51.9 Å². The average Bonchev–Trinajstić information content (AvgIpc) is 2.91. The fourth-order valence-corrected chi connectivity index (χ4v) is 3.24. The highest BCUT2D eigenvalue weighted by molar-refractivity contribution is 14.0. The van der Waals surface area contributed by atoms with E-state index < -0.39 is 18.3 Å². The van der Waals surface area contributed by atoms with Crippen molar-refractivity contribution in [1.29, 1.82) is 0 Å². The van der Waals surface area contributed by atoms with Gasteiger partial charge < -0.3 is 20.3 Å². The van der Waals surface area contributed by atoms with E-state index in [1.54, 1.807) is 4.90 Å². The standard InChI is InChI=1S/C18H32F3N5O2.HI/c1-5-22-15(23-8-13-6-7-25(9-13)12-18(19,20)21)24-14-10-26(11-14)16(27)28-17(2,3)4;/h13-14H,5-12H2,1-4H3,(H2,22,23,24);1H. The predicted octanol–water partition coefficient (Wildman–Crippen LogP) is 2.66. The summed E-state index contributed by atoms with van der Waals surface area (Å²) in [6.45, 7) is 9.67. The first-order chi connectivity index (χ1) is 12.9. The summed E-state index contributed by atoms with van der Waals surface area (Å²) >= 11 is 0. The molecule has 0 aromatic rings. The van der Waals surface area contributed by atoms with E-state index in [9.17, 15) is 18.0 Å². The van der Waals surface area contributed by atoms with Crippen LogP contribution in [0.2, 0.25) is 0 Å². The maximum Gasteiger partial charge on any atom is 0.410 e. The van der Waals surface area contributed by atoms with E-state index in [0.29, 0.717) is 45.2 Å². The molecule has 0 spiro atoms. The van der Waals surface area contributed by atoms with Crippen molar-refractivity contribution in [3.8, 4) is 0 Å². The highest BCUT2D eigenvalue weighted by Crippen LogP contribution is 2.23. The van der Waals surface area contributed by atoms with Crippen LogP contribution in [0.5, 0.6) is 0 Å². The molecular formula is C18H33F3IN5O2. The molecule has 0 saturated carbocycles. The Bertz CT molecular complexity index is 563. The number of alkyl halides is 3. The zero-order valence-electron chi connectivity index (χ0n) is 17.5. The van der Waals surface area contributed by atoms with Crippen molar-refractivity contribution < 1.29 is 22.7 Å². The third kappa shape index (κ3) is 9.58. The molecule has 2 rings (SSSR count).